The van der Waals surface area contributed by atoms with E-state index in [9.17, 15) is 9.90 Å². The number of hydrogen-bond acceptors (Lipinski definition) is 6. The van der Waals surface area contributed by atoms with Gasteiger partial charge in [0.1, 0.15) is 5.60 Å². The van der Waals surface area contributed by atoms with Crippen molar-refractivity contribution < 1.29 is 19.4 Å². The first-order chi connectivity index (χ1) is 13.9. The number of aromatic nitrogens is 1. The van der Waals surface area contributed by atoms with Crippen molar-refractivity contribution in [2.75, 3.05) is 27.3 Å². The molecule has 1 aromatic heterocycles. The van der Waals surface area contributed by atoms with Crippen LogP contribution in [0.1, 0.15) is 42.1 Å². The standard InChI is InChI=1S/C22H29N3O4.2ClH/c1-15-4-7-20(24-14-15)22(27)8-10-25(11-9-22)21(26)13-17(23)16-5-6-18(28-2)19(12-16)29-3;;/h4-7,12,14,17,27H,8-11,13,23H2,1-3H3;2*1H. The third kappa shape index (κ3) is 6.23. The van der Waals surface area contributed by atoms with E-state index < -0.39 is 11.6 Å². The molecule has 1 fully saturated rings. The van der Waals surface area contributed by atoms with Gasteiger partial charge in [-0.3, -0.25) is 9.78 Å². The van der Waals surface area contributed by atoms with E-state index in [4.69, 9.17) is 15.2 Å². The lowest BCUT2D eigenvalue weighted by molar-refractivity contribution is -0.136. The highest BCUT2D eigenvalue weighted by Gasteiger charge is 2.36. The van der Waals surface area contributed by atoms with Gasteiger partial charge in [-0.2, -0.15) is 0 Å². The molecule has 2 heterocycles. The third-order valence-corrected chi connectivity index (χ3v) is 5.56. The summed E-state index contributed by atoms with van der Waals surface area (Å²) in [6.45, 7) is 2.91. The molecule has 9 heteroatoms. The Bertz CT molecular complexity index is 856. The van der Waals surface area contributed by atoms with Crippen molar-refractivity contribution in [1.82, 2.24) is 9.88 Å². The average molecular weight is 472 g/mol. The summed E-state index contributed by atoms with van der Waals surface area (Å²) in [6.07, 6.45) is 2.87. The minimum absolute atomic E-state index is 0. The van der Waals surface area contributed by atoms with E-state index in [1.807, 2.05) is 25.1 Å². The number of nitrogens with two attached hydrogens (primary N) is 1. The normalized spacial score (nSPS) is 15.8. The van der Waals surface area contributed by atoms with Crippen molar-refractivity contribution in [3.8, 4) is 11.5 Å². The summed E-state index contributed by atoms with van der Waals surface area (Å²) in [6, 6.07) is 8.79. The minimum Gasteiger partial charge on any atom is -0.493 e. The number of amides is 1. The van der Waals surface area contributed by atoms with Gasteiger partial charge < -0.3 is 25.2 Å². The lowest BCUT2D eigenvalue weighted by atomic mass is 9.87. The summed E-state index contributed by atoms with van der Waals surface area (Å²) < 4.78 is 10.6. The third-order valence-electron chi connectivity index (χ3n) is 5.56. The summed E-state index contributed by atoms with van der Waals surface area (Å²) in [5.41, 5.74) is 7.81. The van der Waals surface area contributed by atoms with Crippen molar-refractivity contribution in [1.29, 1.82) is 0 Å². The number of pyridine rings is 1. The van der Waals surface area contributed by atoms with Gasteiger partial charge in [-0.05, 0) is 49.1 Å². The van der Waals surface area contributed by atoms with Gasteiger partial charge in [-0.25, -0.2) is 0 Å². The number of aliphatic hydroxyl groups is 1. The van der Waals surface area contributed by atoms with Gasteiger partial charge in [0.15, 0.2) is 11.5 Å². The number of aryl methyl sites for hydroxylation is 1. The van der Waals surface area contributed by atoms with E-state index >= 15 is 0 Å². The molecule has 1 saturated heterocycles. The zero-order chi connectivity index (χ0) is 21.0. The molecule has 7 nitrogen and oxygen atoms in total. The number of hydrogen-bond donors (Lipinski definition) is 2. The number of likely N-dealkylation sites (tertiary alicyclic amines) is 1. The smallest absolute Gasteiger partial charge is 0.224 e. The first-order valence-corrected chi connectivity index (χ1v) is 9.77. The molecule has 0 bridgehead atoms. The number of carbonyl (C=O) groups excluding carboxylic acids is 1. The number of benzene rings is 1. The number of ether oxygens (including phenoxy) is 2. The molecule has 0 spiro atoms. The Hall–Kier alpha value is -2.06. The molecule has 0 aliphatic carbocycles. The highest BCUT2D eigenvalue weighted by molar-refractivity contribution is 5.85. The molecule has 3 rings (SSSR count). The fourth-order valence-electron chi connectivity index (χ4n) is 3.64. The van der Waals surface area contributed by atoms with Gasteiger partial charge in [0.05, 0.1) is 19.9 Å². The van der Waals surface area contributed by atoms with Gasteiger partial charge in [-0.15, -0.1) is 24.8 Å². The fourth-order valence-corrected chi connectivity index (χ4v) is 3.64. The minimum atomic E-state index is -0.990. The van der Waals surface area contributed by atoms with Crippen LogP contribution in [0.2, 0.25) is 0 Å². The highest BCUT2D eigenvalue weighted by Crippen LogP contribution is 2.33. The Labute approximate surface area is 195 Å². The van der Waals surface area contributed by atoms with Crippen LogP contribution >= 0.6 is 24.8 Å². The highest BCUT2D eigenvalue weighted by atomic mass is 35.5. The molecule has 3 N–H and O–H groups in total. The van der Waals surface area contributed by atoms with E-state index in [1.54, 1.807) is 37.4 Å². The molecule has 31 heavy (non-hydrogen) atoms. The van der Waals surface area contributed by atoms with Gasteiger partial charge in [0.2, 0.25) is 5.91 Å². The molecule has 0 saturated carbocycles. The molecule has 1 atom stereocenters. The van der Waals surface area contributed by atoms with Crippen LogP contribution in [0.5, 0.6) is 11.5 Å². The molecule has 1 amide bonds. The molecule has 1 unspecified atom stereocenters. The van der Waals surface area contributed by atoms with Crippen molar-refractivity contribution in [3.63, 3.8) is 0 Å². The van der Waals surface area contributed by atoms with Crippen LogP contribution in [0.15, 0.2) is 36.5 Å². The van der Waals surface area contributed by atoms with Crippen LogP contribution in [0, 0.1) is 6.92 Å². The molecule has 172 valence electrons. The molecule has 1 aromatic carbocycles. The maximum atomic E-state index is 12.7. The zero-order valence-electron chi connectivity index (χ0n) is 18.0. The van der Waals surface area contributed by atoms with Crippen LogP contribution in [0.4, 0.5) is 0 Å². The monoisotopic (exact) mass is 471 g/mol. The van der Waals surface area contributed by atoms with Gasteiger partial charge in [0.25, 0.3) is 0 Å². The Balaban J connectivity index is 0.00000240. The molecule has 0 radical (unpaired) electrons. The van der Waals surface area contributed by atoms with Crippen LogP contribution in [-0.4, -0.2) is 48.2 Å². The largest absolute Gasteiger partial charge is 0.493 e. The topological polar surface area (TPSA) is 97.9 Å². The predicted octanol–water partition coefficient (Wildman–Crippen LogP) is 3.15. The summed E-state index contributed by atoms with van der Waals surface area (Å²) in [7, 11) is 3.14. The molecule has 2 aromatic rings. The van der Waals surface area contributed by atoms with E-state index in [0.29, 0.717) is 43.1 Å². The first-order valence-electron chi connectivity index (χ1n) is 9.77. The van der Waals surface area contributed by atoms with E-state index in [-0.39, 0.29) is 37.1 Å². The van der Waals surface area contributed by atoms with Crippen molar-refractivity contribution in [2.45, 2.75) is 37.8 Å². The van der Waals surface area contributed by atoms with Gasteiger partial charge in [-0.1, -0.05) is 12.1 Å². The predicted molar refractivity (Wildman–Crippen MR) is 124 cm³/mol. The molecule has 1 aliphatic rings. The lowest BCUT2D eigenvalue weighted by Crippen LogP contribution is -2.46. The maximum Gasteiger partial charge on any atom is 0.224 e. The Morgan fingerprint density at radius 3 is 2.35 bits per heavy atom. The number of halogens is 2. The van der Waals surface area contributed by atoms with E-state index in [2.05, 4.69) is 4.98 Å². The molecular weight excluding hydrogens is 441 g/mol. The van der Waals surface area contributed by atoms with Crippen LogP contribution in [-0.2, 0) is 10.4 Å². The van der Waals surface area contributed by atoms with Crippen LogP contribution < -0.4 is 15.2 Å². The summed E-state index contributed by atoms with van der Waals surface area (Å²) in [4.78, 5) is 18.9. The number of piperidine rings is 1. The fraction of sp³-hybridized carbons (Fsp3) is 0.455. The summed E-state index contributed by atoms with van der Waals surface area (Å²) >= 11 is 0. The number of methoxy groups -OCH3 is 2. The Kier molecular flexibility index (Phi) is 10.0. The molecule has 1 aliphatic heterocycles. The quantitative estimate of drug-likeness (QED) is 0.671. The van der Waals surface area contributed by atoms with E-state index in [1.165, 1.54) is 0 Å². The van der Waals surface area contributed by atoms with Gasteiger partial charge >= 0.3 is 0 Å². The second-order valence-electron chi connectivity index (χ2n) is 7.56. The van der Waals surface area contributed by atoms with Crippen LogP contribution in [0.25, 0.3) is 0 Å². The second kappa shape index (κ2) is 11.5. The summed E-state index contributed by atoms with van der Waals surface area (Å²) in [5, 5.41) is 10.9. The average Bonchev–Trinajstić information content (AvgIpc) is 2.73. The Morgan fingerprint density at radius 2 is 1.81 bits per heavy atom. The number of rotatable bonds is 6. The second-order valence-corrected chi connectivity index (χ2v) is 7.56. The number of carbonyl (C=O) groups is 1. The number of nitrogens with zero attached hydrogens (tertiary/aromatic N) is 2. The molecular formula is C22H31Cl2N3O4. The maximum absolute atomic E-state index is 12.7. The summed E-state index contributed by atoms with van der Waals surface area (Å²) in [5.74, 6) is 1.18. The Morgan fingerprint density at radius 1 is 1.16 bits per heavy atom. The van der Waals surface area contributed by atoms with Crippen molar-refractivity contribution in [3.05, 3.63) is 53.3 Å². The van der Waals surface area contributed by atoms with Crippen LogP contribution in [0.3, 0.4) is 0 Å². The first kappa shape index (κ1) is 27.0. The zero-order valence-corrected chi connectivity index (χ0v) is 19.7. The SMILES string of the molecule is COc1ccc(C(N)CC(=O)N2CCC(O)(c3ccc(C)cn3)CC2)cc1OC.Cl.Cl. The van der Waals surface area contributed by atoms with Crippen molar-refractivity contribution >= 4 is 30.7 Å². The lowest BCUT2D eigenvalue weighted by Gasteiger charge is -2.38. The van der Waals surface area contributed by atoms with Gasteiger partial charge in [0, 0.05) is 31.7 Å². The van der Waals surface area contributed by atoms with Crippen molar-refractivity contribution in [2.24, 2.45) is 5.73 Å². The van der Waals surface area contributed by atoms with E-state index in [0.717, 1.165) is 11.1 Å².